The zero-order valence-electron chi connectivity index (χ0n) is 51.1. The van der Waals surface area contributed by atoms with E-state index in [1.54, 1.807) is 0 Å². The number of benzene rings is 12. The lowest BCUT2D eigenvalue weighted by Crippen LogP contribution is -2.10. The number of para-hydroxylation sites is 4. The molecule has 0 amide bonds. The van der Waals surface area contributed by atoms with E-state index in [2.05, 4.69) is 380 Å². The number of hydrogen-bond acceptors (Lipinski definition) is 4. The van der Waals surface area contributed by atoms with E-state index >= 15 is 0 Å². The van der Waals surface area contributed by atoms with Crippen molar-refractivity contribution in [2.45, 2.75) is 0 Å². The van der Waals surface area contributed by atoms with Crippen LogP contribution in [-0.2, 0) is 0 Å². The van der Waals surface area contributed by atoms with Gasteiger partial charge in [-0.3, -0.25) is 8.80 Å². The molecule has 8 nitrogen and oxygen atoms in total. The molecule has 8 heteroatoms. The van der Waals surface area contributed by atoms with E-state index < -0.39 is 0 Å². The van der Waals surface area contributed by atoms with Gasteiger partial charge in [-0.15, -0.1) is 0 Å². The number of nitrogens with zero attached hydrogens (tertiary/aromatic N) is 8. The Morgan fingerprint density at radius 3 is 0.894 bits per heavy atom. The first kappa shape index (κ1) is 54.2. The molecule has 442 valence electrons. The largest absolute Gasteiger partial charge is 0.310 e. The first-order chi connectivity index (χ1) is 46.6. The van der Waals surface area contributed by atoms with Gasteiger partial charge >= 0.3 is 0 Å². The van der Waals surface area contributed by atoms with Crippen LogP contribution in [-0.4, -0.2) is 27.9 Å². The van der Waals surface area contributed by atoms with Crippen molar-refractivity contribution in [3.8, 4) is 67.5 Å². The number of rotatable bonds is 13. The molecule has 6 heterocycles. The Bertz CT molecular complexity index is 5370. The molecule has 0 radical (unpaired) electrons. The first-order valence-electron chi connectivity index (χ1n) is 31.9. The van der Waals surface area contributed by atoms with E-state index in [9.17, 15) is 0 Å². The van der Waals surface area contributed by atoms with Gasteiger partial charge in [-0.25, -0.2) is 9.97 Å². The zero-order valence-corrected chi connectivity index (χ0v) is 51.1. The van der Waals surface area contributed by atoms with Crippen LogP contribution < -0.4 is 9.80 Å². The Balaban J connectivity index is 0.734. The van der Waals surface area contributed by atoms with Crippen LogP contribution in [0.5, 0.6) is 0 Å². The second kappa shape index (κ2) is 22.6. The monoisotopic (exact) mass is 1200 g/mol. The van der Waals surface area contributed by atoms with Crippen molar-refractivity contribution < 1.29 is 0 Å². The molecular weight excluding hydrogens is 1150 g/mol. The maximum atomic E-state index is 5.21. The van der Waals surface area contributed by atoms with Crippen LogP contribution in [0.4, 0.5) is 34.1 Å². The van der Waals surface area contributed by atoms with E-state index in [4.69, 9.17) is 9.97 Å². The maximum Gasteiger partial charge on any atom is 0.137 e. The molecule has 0 unspecified atom stereocenters. The van der Waals surface area contributed by atoms with E-state index in [1.807, 2.05) is 0 Å². The molecule has 18 rings (SSSR count). The van der Waals surface area contributed by atoms with Crippen LogP contribution in [0.2, 0.25) is 0 Å². The van der Waals surface area contributed by atoms with Crippen LogP contribution in [0.1, 0.15) is 0 Å². The van der Waals surface area contributed by atoms with Gasteiger partial charge in [-0.05, 0) is 157 Å². The van der Waals surface area contributed by atoms with Gasteiger partial charge in [0.1, 0.15) is 11.3 Å². The summed E-state index contributed by atoms with van der Waals surface area (Å²) < 4.78 is 9.16. The average molecular weight is 1200 g/mol. The van der Waals surface area contributed by atoms with Crippen LogP contribution >= 0.6 is 0 Å². The highest BCUT2D eigenvalue weighted by Crippen LogP contribution is 2.44. The van der Waals surface area contributed by atoms with E-state index in [0.29, 0.717) is 0 Å². The Labute approximate surface area is 543 Å². The molecule has 0 saturated carbocycles. The Morgan fingerprint density at radius 2 is 0.532 bits per heavy atom. The molecule has 0 fully saturated rings. The van der Waals surface area contributed by atoms with Gasteiger partial charge in [0, 0.05) is 102 Å². The minimum Gasteiger partial charge on any atom is -0.310 e. The second-order valence-electron chi connectivity index (χ2n) is 23.8. The summed E-state index contributed by atoms with van der Waals surface area (Å²) in [7, 11) is 0. The summed E-state index contributed by atoms with van der Waals surface area (Å²) in [6.07, 6.45) is 4.22. The number of pyridine rings is 2. The van der Waals surface area contributed by atoms with Crippen LogP contribution in [0.25, 0.3) is 122 Å². The van der Waals surface area contributed by atoms with Crippen LogP contribution in [0.3, 0.4) is 0 Å². The van der Waals surface area contributed by atoms with Gasteiger partial charge in [-0.2, -0.15) is 0 Å². The average Bonchev–Trinajstić information content (AvgIpc) is 1.59. The highest BCUT2D eigenvalue weighted by molar-refractivity contribution is 6.10. The summed E-state index contributed by atoms with van der Waals surface area (Å²) >= 11 is 0. The molecule has 0 atom stereocenters. The normalized spacial score (nSPS) is 11.6. The molecule has 0 bridgehead atoms. The minimum atomic E-state index is 0.895. The summed E-state index contributed by atoms with van der Waals surface area (Å²) in [6.45, 7) is 0. The maximum absolute atomic E-state index is 5.21. The fourth-order valence-electron chi connectivity index (χ4n) is 14.1. The van der Waals surface area contributed by atoms with Crippen molar-refractivity contribution in [2.24, 2.45) is 0 Å². The van der Waals surface area contributed by atoms with Gasteiger partial charge in [0.15, 0.2) is 0 Å². The van der Waals surface area contributed by atoms with E-state index in [0.717, 1.165) is 113 Å². The lowest BCUT2D eigenvalue weighted by molar-refractivity contribution is 1.17. The summed E-state index contributed by atoms with van der Waals surface area (Å²) in [5.41, 5.74) is 25.3. The van der Waals surface area contributed by atoms with Gasteiger partial charge in [0.25, 0.3) is 0 Å². The Hall–Kier alpha value is -12.8. The van der Waals surface area contributed by atoms with Crippen molar-refractivity contribution >= 4 is 89.0 Å². The predicted molar refractivity (Wildman–Crippen MR) is 389 cm³/mol. The highest BCUT2D eigenvalue weighted by Gasteiger charge is 2.23. The Morgan fingerprint density at radius 1 is 0.223 bits per heavy atom. The lowest BCUT2D eigenvalue weighted by atomic mass is 10.0. The molecular formula is C86H58N8. The molecule has 6 aromatic heterocycles. The van der Waals surface area contributed by atoms with Crippen LogP contribution in [0.15, 0.2) is 352 Å². The summed E-state index contributed by atoms with van der Waals surface area (Å²) in [6, 6.07) is 122. The first-order valence-corrected chi connectivity index (χ1v) is 31.9. The minimum absolute atomic E-state index is 0.895. The third-order valence-corrected chi connectivity index (χ3v) is 18.4. The molecule has 0 saturated heterocycles. The van der Waals surface area contributed by atoms with Crippen molar-refractivity contribution in [1.82, 2.24) is 27.9 Å². The van der Waals surface area contributed by atoms with Crippen molar-refractivity contribution in [3.05, 3.63) is 352 Å². The molecule has 0 aliphatic rings. The molecule has 0 spiro atoms. The fraction of sp³-hybridized carbons (Fsp3) is 0. The summed E-state index contributed by atoms with van der Waals surface area (Å²) in [5.74, 6) is 0. The standard InChI is InChI=1S/C86H58N8/c1-3-21-61(22-4-1)83-85(89-55-17-15-37-81(89)87-83)63-25-19-27-71(57-63)91(67-47-51-69(52-48-67)93-77-33-11-7-29-73(77)74-30-8-12-34-78(74)93)65-43-39-59(40-44-65)60-41-45-66(46-42-60)92(68-49-53-70(54-50-68)94-79-35-13-9-31-75(79)76-32-10-14-36-80(76)94)72-28-20-26-64(58-72)86-84(62-23-5-2-6-24-62)88-82-38-16-18-56-90(82)86/h1-58H. The Kier molecular flexibility index (Phi) is 13.0. The number of anilines is 6. The van der Waals surface area contributed by atoms with Gasteiger partial charge in [0.2, 0.25) is 0 Å². The third-order valence-electron chi connectivity index (χ3n) is 18.4. The molecule has 12 aromatic carbocycles. The number of fused-ring (bicyclic) bond motifs is 8. The van der Waals surface area contributed by atoms with Gasteiger partial charge < -0.3 is 18.9 Å². The van der Waals surface area contributed by atoms with Gasteiger partial charge in [-0.1, -0.05) is 194 Å². The quantitative estimate of drug-likeness (QED) is 0.115. The highest BCUT2D eigenvalue weighted by atomic mass is 15.2. The summed E-state index contributed by atoms with van der Waals surface area (Å²) in [5, 5.41) is 4.94. The lowest BCUT2D eigenvalue weighted by Gasteiger charge is -2.27. The second-order valence-corrected chi connectivity index (χ2v) is 23.8. The smallest absolute Gasteiger partial charge is 0.137 e. The van der Waals surface area contributed by atoms with E-state index in [-0.39, 0.29) is 0 Å². The fourth-order valence-corrected chi connectivity index (χ4v) is 14.1. The predicted octanol–water partition coefficient (Wildman–Crippen LogP) is 22.5. The van der Waals surface area contributed by atoms with Crippen molar-refractivity contribution in [3.63, 3.8) is 0 Å². The topological polar surface area (TPSA) is 50.9 Å². The molecule has 18 aromatic rings. The number of aromatic nitrogens is 6. The zero-order chi connectivity index (χ0) is 62.1. The third kappa shape index (κ3) is 9.22. The molecule has 0 aliphatic heterocycles. The molecule has 0 aliphatic carbocycles. The SMILES string of the molecule is c1ccc(-c2nc3ccccn3c2-c2cccc(N(c3ccc(-c4ccc(N(c5ccc(-n6c7ccccc7c7ccccc76)cc5)c5cccc(-c6c(-c7ccccc7)nc7ccccn67)c5)cc4)cc3)c3ccc(-n4c5ccccc5c5ccccc54)cc3)c2)cc1. The number of hydrogen-bond donors (Lipinski definition) is 0. The van der Waals surface area contributed by atoms with Gasteiger partial charge in [0.05, 0.1) is 44.8 Å². The molecule has 0 N–H and O–H groups in total. The summed E-state index contributed by atoms with van der Waals surface area (Å²) in [4.78, 5) is 15.2. The van der Waals surface area contributed by atoms with E-state index in [1.165, 1.54) is 43.6 Å². The molecule has 94 heavy (non-hydrogen) atoms. The van der Waals surface area contributed by atoms with Crippen LogP contribution in [0, 0.1) is 0 Å². The number of imidazole rings is 2. The van der Waals surface area contributed by atoms with Crippen molar-refractivity contribution in [2.75, 3.05) is 9.80 Å². The van der Waals surface area contributed by atoms with Crippen molar-refractivity contribution in [1.29, 1.82) is 0 Å².